The van der Waals surface area contributed by atoms with E-state index in [1.165, 1.54) is 16.7 Å². The van der Waals surface area contributed by atoms with Crippen LogP contribution in [0.15, 0.2) is 30.3 Å². The fourth-order valence-electron chi connectivity index (χ4n) is 4.97. The van der Waals surface area contributed by atoms with Crippen molar-refractivity contribution >= 4 is 29.5 Å². The fourth-order valence-corrected chi connectivity index (χ4v) is 6.60. The number of β-lactam (4-membered cyclic amide) rings is 1. The highest BCUT2D eigenvalue weighted by atomic mass is 32.2. The number of hydrogen-bond acceptors (Lipinski definition) is 11. The van der Waals surface area contributed by atoms with E-state index >= 15 is 0 Å². The fraction of sp³-hybridized carbons (Fsp3) is 0.625. The summed E-state index contributed by atoms with van der Waals surface area (Å²) in [4.78, 5) is 39.2. The normalized spacial score (nSPS) is 34.8. The molecule has 38 heavy (non-hydrogen) atoms. The van der Waals surface area contributed by atoms with Crippen molar-refractivity contribution in [1.82, 2.24) is 15.5 Å². The first-order valence-electron chi connectivity index (χ1n) is 12.2. The number of carboxylic acid groups (broad SMARTS) is 1. The van der Waals surface area contributed by atoms with E-state index in [-0.39, 0.29) is 13.2 Å². The van der Waals surface area contributed by atoms with Crippen LogP contribution in [0.2, 0.25) is 0 Å². The van der Waals surface area contributed by atoms with Crippen molar-refractivity contribution in [3.8, 4) is 0 Å². The minimum atomic E-state index is -1.57. The molecule has 3 heterocycles. The van der Waals surface area contributed by atoms with Crippen LogP contribution in [0.3, 0.4) is 0 Å². The maximum absolute atomic E-state index is 13.3. The Labute approximate surface area is 223 Å². The molecule has 3 fully saturated rings. The molecule has 4 rings (SSSR count). The molecule has 0 unspecified atom stereocenters. The number of aliphatic carboxylic acids is 1. The molecule has 2 amide bonds. The summed E-state index contributed by atoms with van der Waals surface area (Å²) in [5, 5.41) is 54.1. The highest BCUT2D eigenvalue weighted by molar-refractivity contribution is 8.01. The van der Waals surface area contributed by atoms with Gasteiger partial charge in [0.05, 0.1) is 13.2 Å². The summed E-state index contributed by atoms with van der Waals surface area (Å²) >= 11 is 1.33. The van der Waals surface area contributed by atoms with Crippen molar-refractivity contribution in [1.29, 1.82) is 0 Å². The molecule has 1 aromatic rings. The third-order valence-corrected chi connectivity index (χ3v) is 8.52. The Balaban J connectivity index is 1.37. The second-order valence-corrected chi connectivity index (χ2v) is 11.7. The Bertz CT molecular complexity index is 1030. The SMILES string of the molecule is CC1(C)S[C@@H]2[C@H](NC(=O)[C@H](NCCO[C@H]3O[C@H](CO)[C@@H](O)[C@H](O)[C@H]3O)c3ccccc3)C(=O)N2[C@H]1C(=O)O. The number of carbonyl (C=O) groups is 3. The van der Waals surface area contributed by atoms with Crippen LogP contribution in [0, 0.1) is 0 Å². The number of aliphatic hydroxyl groups is 4. The molecule has 0 bridgehead atoms. The van der Waals surface area contributed by atoms with Crippen molar-refractivity contribution in [3.05, 3.63) is 35.9 Å². The molecule has 0 radical (unpaired) electrons. The number of ether oxygens (including phenoxy) is 2. The maximum Gasteiger partial charge on any atom is 0.327 e. The maximum atomic E-state index is 13.3. The van der Waals surface area contributed by atoms with Gasteiger partial charge in [0.2, 0.25) is 11.8 Å². The van der Waals surface area contributed by atoms with Gasteiger partial charge < -0.3 is 45.2 Å². The minimum Gasteiger partial charge on any atom is -0.480 e. The lowest BCUT2D eigenvalue weighted by molar-refractivity contribution is -0.300. The van der Waals surface area contributed by atoms with Gasteiger partial charge in [-0.05, 0) is 19.4 Å². The number of amides is 2. The van der Waals surface area contributed by atoms with Crippen LogP contribution >= 0.6 is 11.8 Å². The third-order valence-electron chi connectivity index (χ3n) is 6.95. The number of nitrogens with zero attached hydrogens (tertiary/aromatic N) is 1. The summed E-state index contributed by atoms with van der Waals surface area (Å²) in [6, 6.07) is 6.03. The van der Waals surface area contributed by atoms with Gasteiger partial charge in [-0.3, -0.25) is 14.9 Å². The molecule has 13 nitrogen and oxygen atoms in total. The van der Waals surface area contributed by atoms with Crippen LogP contribution in [0.1, 0.15) is 25.5 Å². The molecule has 3 aliphatic heterocycles. The Morgan fingerprint density at radius 3 is 2.47 bits per heavy atom. The van der Waals surface area contributed by atoms with E-state index in [0.717, 1.165) is 0 Å². The average molecular weight is 556 g/mol. The molecule has 3 aliphatic rings. The lowest BCUT2D eigenvalue weighted by Crippen LogP contribution is -2.71. The van der Waals surface area contributed by atoms with Crippen molar-refractivity contribution < 1.29 is 49.4 Å². The Kier molecular flexibility index (Phi) is 8.64. The average Bonchev–Trinajstić information content (AvgIpc) is 3.15. The second kappa shape index (κ2) is 11.4. The molecular weight excluding hydrogens is 522 g/mol. The van der Waals surface area contributed by atoms with Crippen LogP contribution in [-0.4, -0.2) is 121 Å². The van der Waals surface area contributed by atoms with E-state index in [2.05, 4.69) is 10.6 Å². The van der Waals surface area contributed by atoms with Crippen LogP contribution in [0.25, 0.3) is 0 Å². The molecule has 3 saturated heterocycles. The molecule has 0 saturated carbocycles. The Hall–Kier alpha value is -2.30. The summed E-state index contributed by atoms with van der Waals surface area (Å²) in [7, 11) is 0. The van der Waals surface area contributed by atoms with Crippen molar-refractivity contribution in [2.24, 2.45) is 0 Å². The first-order chi connectivity index (χ1) is 18.0. The first kappa shape index (κ1) is 28.7. The molecule has 14 heteroatoms. The number of benzene rings is 1. The van der Waals surface area contributed by atoms with E-state index in [0.29, 0.717) is 5.56 Å². The Morgan fingerprint density at radius 1 is 1.16 bits per heavy atom. The summed E-state index contributed by atoms with van der Waals surface area (Å²) in [5.74, 6) is -2.03. The molecule has 7 N–H and O–H groups in total. The first-order valence-corrected chi connectivity index (χ1v) is 13.1. The summed E-state index contributed by atoms with van der Waals surface area (Å²) in [6.07, 6.45) is -7.02. The zero-order chi connectivity index (χ0) is 27.8. The molecule has 0 spiro atoms. The zero-order valence-electron chi connectivity index (χ0n) is 20.8. The van der Waals surface area contributed by atoms with Gasteiger partial charge in [-0.25, -0.2) is 4.79 Å². The van der Waals surface area contributed by atoms with Gasteiger partial charge in [-0.2, -0.15) is 0 Å². The number of nitrogens with one attached hydrogen (secondary N) is 2. The highest BCUT2D eigenvalue weighted by Crippen LogP contribution is 2.50. The molecule has 1 aromatic carbocycles. The predicted octanol–water partition coefficient (Wildman–Crippen LogP) is -2.23. The number of fused-ring (bicyclic) bond motifs is 1. The highest BCUT2D eigenvalue weighted by Gasteiger charge is 2.64. The van der Waals surface area contributed by atoms with E-state index in [1.54, 1.807) is 44.2 Å². The standard InChI is InChI=1S/C24H33N3O10S/c1-24(2)18(22(34)35)27-20(33)14(21(27)38-24)26-19(32)13(11-6-4-3-5-7-11)25-8-9-36-23-17(31)16(30)15(29)12(10-28)37-23/h3-7,12-18,21,23,25,28-31H,8-10H2,1-2H3,(H,26,32)(H,34,35)/t12-,13-,14-,15-,16+,17-,18+,21-,23+/m1/s1. The monoisotopic (exact) mass is 555 g/mol. The third kappa shape index (κ3) is 5.40. The van der Waals surface area contributed by atoms with Gasteiger partial charge in [0.1, 0.15) is 47.9 Å². The van der Waals surface area contributed by atoms with Gasteiger partial charge in [0.15, 0.2) is 6.29 Å². The van der Waals surface area contributed by atoms with Crippen molar-refractivity contribution in [2.45, 2.75) is 72.8 Å². The number of aliphatic hydroxyl groups excluding tert-OH is 4. The van der Waals surface area contributed by atoms with Crippen molar-refractivity contribution in [2.75, 3.05) is 19.8 Å². The largest absolute Gasteiger partial charge is 0.480 e. The molecular formula is C24H33N3O10S. The lowest BCUT2D eigenvalue weighted by atomic mass is 9.95. The molecule has 0 aromatic heterocycles. The van der Waals surface area contributed by atoms with Crippen LogP contribution in [-0.2, 0) is 23.9 Å². The number of thioether (sulfide) groups is 1. The molecule has 9 atom stereocenters. The summed E-state index contributed by atoms with van der Waals surface area (Å²) in [6.45, 7) is 2.96. The van der Waals surface area contributed by atoms with Crippen LogP contribution in [0.5, 0.6) is 0 Å². The van der Waals surface area contributed by atoms with E-state index in [9.17, 15) is 39.9 Å². The smallest absolute Gasteiger partial charge is 0.327 e. The number of rotatable bonds is 10. The van der Waals surface area contributed by atoms with Gasteiger partial charge in [0.25, 0.3) is 0 Å². The quantitative estimate of drug-likeness (QED) is 0.121. The van der Waals surface area contributed by atoms with E-state index < -0.39 is 83.3 Å². The number of carbonyl (C=O) groups excluding carboxylic acids is 2. The van der Waals surface area contributed by atoms with E-state index in [1.807, 2.05) is 0 Å². The zero-order valence-corrected chi connectivity index (χ0v) is 21.7. The van der Waals surface area contributed by atoms with Gasteiger partial charge in [0, 0.05) is 11.3 Å². The van der Waals surface area contributed by atoms with Gasteiger partial charge >= 0.3 is 5.97 Å². The number of hydrogen-bond donors (Lipinski definition) is 7. The predicted molar refractivity (Wildman–Crippen MR) is 133 cm³/mol. The van der Waals surface area contributed by atoms with Gasteiger partial charge in [-0.15, -0.1) is 11.8 Å². The van der Waals surface area contributed by atoms with E-state index in [4.69, 9.17) is 9.47 Å². The lowest BCUT2D eigenvalue weighted by Gasteiger charge is -2.44. The minimum absolute atomic E-state index is 0.0671. The topological polar surface area (TPSA) is 198 Å². The number of carboxylic acids is 1. The van der Waals surface area contributed by atoms with Crippen LogP contribution < -0.4 is 10.6 Å². The second-order valence-electron chi connectivity index (χ2n) is 9.95. The molecule has 0 aliphatic carbocycles. The summed E-state index contributed by atoms with van der Waals surface area (Å²) in [5.41, 5.74) is 0.615. The van der Waals surface area contributed by atoms with Crippen molar-refractivity contribution in [3.63, 3.8) is 0 Å². The Morgan fingerprint density at radius 2 is 1.84 bits per heavy atom. The van der Waals surface area contributed by atoms with Crippen LogP contribution in [0.4, 0.5) is 0 Å². The summed E-state index contributed by atoms with van der Waals surface area (Å²) < 4.78 is 10.1. The van der Waals surface area contributed by atoms with Gasteiger partial charge in [-0.1, -0.05) is 30.3 Å². The molecule has 210 valence electrons.